The number of aliphatic hydroxyl groups is 2. The third kappa shape index (κ3) is 31.8. The number of carbonyl (C=O) groups is 7. The van der Waals surface area contributed by atoms with E-state index >= 15 is 0 Å². The summed E-state index contributed by atoms with van der Waals surface area (Å²) in [6.45, 7) is 7.47. The third-order valence-corrected chi connectivity index (χ3v) is 11.9. The second-order valence-corrected chi connectivity index (χ2v) is 18.0. The van der Waals surface area contributed by atoms with E-state index in [1.54, 1.807) is 0 Å². The number of aldehydes is 1. The molecule has 0 aromatic heterocycles. The zero-order valence-electron chi connectivity index (χ0n) is 40.8. The van der Waals surface area contributed by atoms with E-state index in [1.807, 2.05) is 0 Å². The molecule has 0 aromatic rings. The fourth-order valence-electron chi connectivity index (χ4n) is 7.80. The van der Waals surface area contributed by atoms with Gasteiger partial charge in [-0.25, -0.2) is 0 Å². The molecule has 0 fully saturated rings. The quantitative estimate of drug-likeness (QED) is 0.0188. The van der Waals surface area contributed by atoms with Crippen LogP contribution in [0.5, 0.6) is 0 Å². The number of unbranched alkanes of at least 4 members (excludes halogenated alkanes) is 22. The van der Waals surface area contributed by atoms with Crippen LogP contribution in [0.15, 0.2) is 0 Å². The molecule has 0 aliphatic carbocycles. The summed E-state index contributed by atoms with van der Waals surface area (Å²) < 4.78 is 11.3. The molecule has 16 heteroatoms. The van der Waals surface area contributed by atoms with Crippen molar-refractivity contribution in [1.82, 2.24) is 16.0 Å². The van der Waals surface area contributed by atoms with Gasteiger partial charge in [-0.2, -0.15) is 0 Å². The summed E-state index contributed by atoms with van der Waals surface area (Å²) in [6.07, 6.45) is 22.7. The van der Waals surface area contributed by atoms with Gasteiger partial charge in [0.05, 0.1) is 5.92 Å². The van der Waals surface area contributed by atoms with Crippen molar-refractivity contribution in [3.05, 3.63) is 0 Å². The van der Waals surface area contributed by atoms with Crippen molar-refractivity contribution in [2.24, 2.45) is 11.7 Å². The predicted molar refractivity (Wildman–Crippen MR) is 251 cm³/mol. The number of primary amides is 1. The molecule has 378 valence electrons. The van der Waals surface area contributed by atoms with Gasteiger partial charge in [-0.3, -0.25) is 28.8 Å². The van der Waals surface area contributed by atoms with Crippen LogP contribution in [0.4, 0.5) is 0 Å². The number of carboxylic acids is 1. The lowest BCUT2D eigenvalue weighted by molar-refractivity contribution is -0.167. The minimum Gasteiger partial charge on any atom is -0.481 e. The lowest BCUT2D eigenvalue weighted by atomic mass is 9.94. The standard InChI is InChI=1S/C49H90N4O12/c1-6-8-10-12-14-16-18-20-22-24-26-28-30-39(31-29-27-25-23-21-19-17-15-13-11-9-7-2)49(63)64-35-42(56)44(59)45(41(34-54)52-38(5)55)65-37(4)48(62)51-36(3)47(61)53-40(46(50)60)32-33-43(57)58/h34,36-37,39-42,44-45,56,59H,6-33,35H2,1-5H3,(H2,50,60)(H,51,62)(H,52,55)(H,53,61)(H,57,58)/t36-,37+,40+,41-,42+,44+,45+/m0/s1. The van der Waals surface area contributed by atoms with E-state index < -0.39 is 97.1 Å². The van der Waals surface area contributed by atoms with Gasteiger partial charge >= 0.3 is 11.9 Å². The highest BCUT2D eigenvalue weighted by molar-refractivity contribution is 5.92. The molecule has 65 heavy (non-hydrogen) atoms. The summed E-state index contributed by atoms with van der Waals surface area (Å²) in [7, 11) is 0. The van der Waals surface area contributed by atoms with Crippen molar-refractivity contribution in [3.63, 3.8) is 0 Å². The maximum absolute atomic E-state index is 13.5. The second kappa shape index (κ2) is 39.5. The molecule has 16 nitrogen and oxygen atoms in total. The Morgan fingerprint density at radius 2 is 1.05 bits per heavy atom. The first-order chi connectivity index (χ1) is 31.1. The van der Waals surface area contributed by atoms with E-state index in [9.17, 15) is 43.8 Å². The van der Waals surface area contributed by atoms with Gasteiger partial charge < -0.3 is 51.3 Å². The molecule has 0 heterocycles. The van der Waals surface area contributed by atoms with Gasteiger partial charge in [0, 0.05) is 13.3 Å². The van der Waals surface area contributed by atoms with E-state index in [1.165, 1.54) is 129 Å². The number of carboxylic acid groups (broad SMARTS) is 1. The van der Waals surface area contributed by atoms with E-state index in [2.05, 4.69) is 29.8 Å². The van der Waals surface area contributed by atoms with Crippen molar-refractivity contribution in [2.45, 2.75) is 257 Å². The van der Waals surface area contributed by atoms with Crippen LogP contribution >= 0.6 is 0 Å². The first kappa shape index (κ1) is 61.4. The van der Waals surface area contributed by atoms with Crippen LogP contribution in [0, 0.1) is 5.92 Å². The topological polar surface area (TPSA) is 261 Å². The van der Waals surface area contributed by atoms with Crippen LogP contribution in [-0.4, -0.2) is 106 Å². The minimum absolute atomic E-state index is 0.273. The molecule has 0 unspecified atom stereocenters. The van der Waals surface area contributed by atoms with Crippen molar-refractivity contribution in [2.75, 3.05) is 6.61 Å². The van der Waals surface area contributed by atoms with Crippen molar-refractivity contribution >= 4 is 41.9 Å². The van der Waals surface area contributed by atoms with Gasteiger partial charge in [-0.1, -0.05) is 168 Å². The van der Waals surface area contributed by atoms with Crippen LogP contribution < -0.4 is 21.7 Å². The number of nitrogens with two attached hydrogens (primary N) is 1. The zero-order chi connectivity index (χ0) is 48.8. The molecule has 0 aliphatic rings. The molecule has 4 amide bonds. The molecule has 0 spiro atoms. The maximum Gasteiger partial charge on any atom is 0.309 e. The summed E-state index contributed by atoms with van der Waals surface area (Å²) >= 11 is 0. The van der Waals surface area contributed by atoms with Crippen molar-refractivity contribution in [1.29, 1.82) is 0 Å². The number of esters is 1. The van der Waals surface area contributed by atoms with Gasteiger partial charge in [0.2, 0.25) is 23.6 Å². The Bertz CT molecular complexity index is 1290. The van der Waals surface area contributed by atoms with E-state index in [4.69, 9.17) is 20.3 Å². The fourth-order valence-corrected chi connectivity index (χ4v) is 7.80. The van der Waals surface area contributed by atoms with E-state index in [0.29, 0.717) is 12.8 Å². The smallest absolute Gasteiger partial charge is 0.309 e. The Labute approximate surface area is 390 Å². The minimum atomic E-state index is -1.93. The number of hydrogen-bond acceptors (Lipinski definition) is 11. The van der Waals surface area contributed by atoms with E-state index in [-0.39, 0.29) is 12.7 Å². The first-order valence-corrected chi connectivity index (χ1v) is 25.1. The van der Waals surface area contributed by atoms with Gasteiger partial charge in [-0.05, 0) is 33.1 Å². The molecule has 0 bridgehead atoms. The average Bonchev–Trinajstić information content (AvgIpc) is 3.27. The van der Waals surface area contributed by atoms with Crippen LogP contribution in [0.25, 0.3) is 0 Å². The SMILES string of the molecule is CCCCCCCCCCCCCCC(CCCCCCCCCCCCCC)C(=O)OC[C@@H](O)[C@@H](O)[C@H](O[C@H](C)C(=O)N[C@@H](C)C(=O)N[C@H](CCC(=O)O)C(N)=O)[C@H](C=O)NC(C)=O. The summed E-state index contributed by atoms with van der Waals surface area (Å²) in [6, 6.07) is -4.13. The van der Waals surface area contributed by atoms with Gasteiger partial charge in [-0.15, -0.1) is 0 Å². The molecule has 0 saturated heterocycles. The largest absolute Gasteiger partial charge is 0.481 e. The number of hydrogen-bond donors (Lipinski definition) is 7. The van der Waals surface area contributed by atoms with Crippen LogP contribution in [0.1, 0.15) is 214 Å². The number of rotatable bonds is 44. The molecule has 8 N–H and O–H groups in total. The monoisotopic (exact) mass is 927 g/mol. The molecule has 0 aromatic carbocycles. The fraction of sp³-hybridized carbons (Fsp3) is 0.857. The van der Waals surface area contributed by atoms with Crippen LogP contribution in [0.2, 0.25) is 0 Å². The number of ether oxygens (including phenoxy) is 2. The number of carbonyl (C=O) groups excluding carboxylic acids is 6. The maximum atomic E-state index is 13.5. The third-order valence-electron chi connectivity index (χ3n) is 11.9. The van der Waals surface area contributed by atoms with Crippen molar-refractivity contribution in [3.8, 4) is 0 Å². The highest BCUT2D eigenvalue weighted by Gasteiger charge is 2.38. The summed E-state index contributed by atoms with van der Waals surface area (Å²) in [5, 5.41) is 38.3. The first-order valence-electron chi connectivity index (χ1n) is 25.1. The Balaban J connectivity index is 5.49. The zero-order valence-corrected chi connectivity index (χ0v) is 40.8. The molecular formula is C49H90N4O12. The summed E-state index contributed by atoms with van der Waals surface area (Å²) in [4.78, 5) is 86.2. The number of amides is 4. The number of aliphatic carboxylic acids is 1. The Hall–Kier alpha value is -3.63. The Kier molecular flexibility index (Phi) is 37.3. The van der Waals surface area contributed by atoms with Crippen molar-refractivity contribution < 1.29 is 58.4 Å². The lowest BCUT2D eigenvalue weighted by Crippen LogP contribution is -2.57. The average molecular weight is 927 g/mol. The number of nitrogens with one attached hydrogen (secondary N) is 3. The van der Waals surface area contributed by atoms with Crippen LogP contribution in [0.3, 0.4) is 0 Å². The predicted octanol–water partition coefficient (Wildman–Crippen LogP) is 6.87. The lowest BCUT2D eigenvalue weighted by Gasteiger charge is -2.33. The van der Waals surface area contributed by atoms with E-state index in [0.717, 1.165) is 45.4 Å². The normalized spacial score (nSPS) is 14.6. The molecule has 0 radical (unpaired) electrons. The molecule has 0 saturated carbocycles. The van der Waals surface area contributed by atoms with Gasteiger partial charge in [0.15, 0.2) is 0 Å². The molecule has 0 aliphatic heterocycles. The molecular weight excluding hydrogens is 837 g/mol. The second-order valence-electron chi connectivity index (χ2n) is 18.0. The highest BCUT2D eigenvalue weighted by atomic mass is 16.5. The molecule has 7 atom stereocenters. The summed E-state index contributed by atoms with van der Waals surface area (Å²) in [5.74, 6) is -5.48. The summed E-state index contributed by atoms with van der Waals surface area (Å²) in [5.41, 5.74) is 5.29. The van der Waals surface area contributed by atoms with Crippen LogP contribution in [-0.2, 0) is 43.0 Å². The van der Waals surface area contributed by atoms with Gasteiger partial charge in [0.1, 0.15) is 55.4 Å². The molecule has 0 rings (SSSR count). The Morgan fingerprint density at radius 3 is 1.43 bits per heavy atom. The van der Waals surface area contributed by atoms with Gasteiger partial charge in [0.25, 0.3) is 0 Å². The highest BCUT2D eigenvalue weighted by Crippen LogP contribution is 2.22. The Morgan fingerprint density at radius 1 is 0.615 bits per heavy atom. The number of aliphatic hydroxyl groups excluding tert-OH is 2.